The first kappa shape index (κ1) is 17.1. The van der Waals surface area contributed by atoms with Crippen LogP contribution in [0.5, 0.6) is 0 Å². The van der Waals surface area contributed by atoms with Gasteiger partial charge in [-0.1, -0.05) is 17.7 Å². The molecule has 0 aromatic heterocycles. The molecule has 0 fully saturated rings. The summed E-state index contributed by atoms with van der Waals surface area (Å²) in [5.41, 5.74) is 6.36. The van der Waals surface area contributed by atoms with Crippen molar-refractivity contribution >= 4 is 21.9 Å². The van der Waals surface area contributed by atoms with Gasteiger partial charge in [0.1, 0.15) is 6.04 Å². The fraction of sp³-hybridized carbons (Fsp3) is 0.385. The lowest BCUT2D eigenvalue weighted by Gasteiger charge is -2.15. The topological polar surface area (TPSA) is 127 Å². The lowest BCUT2D eigenvalue weighted by atomic mass is 10.2. The monoisotopic (exact) mass is 314 g/mol. The molecule has 4 N–H and O–H groups in total. The third-order valence-corrected chi connectivity index (χ3v) is 4.53. The average molecular weight is 314 g/mol. The maximum atomic E-state index is 12.2. The van der Waals surface area contributed by atoms with Crippen molar-refractivity contribution in [1.82, 2.24) is 4.72 Å². The van der Waals surface area contributed by atoms with Crippen LogP contribution < -0.4 is 10.5 Å². The van der Waals surface area contributed by atoms with Gasteiger partial charge in [-0.25, -0.2) is 8.42 Å². The van der Waals surface area contributed by atoms with Crippen molar-refractivity contribution in [2.24, 2.45) is 5.73 Å². The molecule has 21 heavy (non-hydrogen) atoms. The molecule has 0 saturated carbocycles. The number of primary amides is 1. The number of carbonyl (C=O) groups excluding carboxylic acids is 1. The minimum absolute atomic E-state index is 0.0124. The van der Waals surface area contributed by atoms with E-state index < -0.39 is 27.9 Å². The van der Waals surface area contributed by atoms with Gasteiger partial charge in [0.05, 0.1) is 4.90 Å². The van der Waals surface area contributed by atoms with Crippen LogP contribution >= 0.6 is 0 Å². The number of aryl methyl sites for hydroxylation is 2. The van der Waals surface area contributed by atoms with Gasteiger partial charge in [0.25, 0.3) is 0 Å². The first-order valence-electron chi connectivity index (χ1n) is 6.24. The van der Waals surface area contributed by atoms with E-state index in [1.54, 1.807) is 19.1 Å². The van der Waals surface area contributed by atoms with Gasteiger partial charge in [-0.2, -0.15) is 4.72 Å². The Morgan fingerprint density at radius 1 is 1.33 bits per heavy atom. The summed E-state index contributed by atoms with van der Waals surface area (Å²) in [6, 6.07) is 3.33. The molecule has 0 spiro atoms. The third kappa shape index (κ3) is 4.83. The highest BCUT2D eigenvalue weighted by atomic mass is 32.2. The van der Waals surface area contributed by atoms with E-state index >= 15 is 0 Å². The molecule has 0 aliphatic carbocycles. The van der Waals surface area contributed by atoms with E-state index in [9.17, 15) is 18.0 Å². The fourth-order valence-corrected chi connectivity index (χ4v) is 3.32. The Morgan fingerprint density at radius 2 is 1.95 bits per heavy atom. The molecular weight excluding hydrogens is 296 g/mol. The largest absolute Gasteiger partial charge is 0.480 e. The van der Waals surface area contributed by atoms with Crippen molar-refractivity contribution in [2.75, 3.05) is 0 Å². The van der Waals surface area contributed by atoms with Gasteiger partial charge in [-0.3, -0.25) is 9.59 Å². The van der Waals surface area contributed by atoms with E-state index in [2.05, 4.69) is 4.72 Å². The summed E-state index contributed by atoms with van der Waals surface area (Å²) >= 11 is 0. The second kappa shape index (κ2) is 6.68. The molecule has 1 aromatic rings. The highest BCUT2D eigenvalue weighted by Crippen LogP contribution is 2.17. The predicted molar refractivity (Wildman–Crippen MR) is 76.1 cm³/mol. The summed E-state index contributed by atoms with van der Waals surface area (Å²) in [5.74, 6) is -2.04. The van der Waals surface area contributed by atoms with Crippen molar-refractivity contribution in [2.45, 2.75) is 37.6 Å². The number of nitrogens with one attached hydrogen (secondary N) is 1. The number of amides is 1. The zero-order valence-corrected chi connectivity index (χ0v) is 12.6. The summed E-state index contributed by atoms with van der Waals surface area (Å²) in [6.07, 6.45) is -0.416. The Kier molecular flexibility index (Phi) is 5.45. The van der Waals surface area contributed by atoms with Crippen LogP contribution in [0.3, 0.4) is 0 Å². The Hall–Kier alpha value is -1.93. The van der Waals surface area contributed by atoms with Gasteiger partial charge in [-0.05, 0) is 31.9 Å². The van der Waals surface area contributed by atoms with Crippen LogP contribution in [-0.4, -0.2) is 31.4 Å². The van der Waals surface area contributed by atoms with Crippen molar-refractivity contribution in [3.8, 4) is 0 Å². The van der Waals surface area contributed by atoms with E-state index in [0.717, 1.165) is 5.56 Å². The lowest BCUT2D eigenvalue weighted by molar-refractivity contribution is -0.139. The maximum Gasteiger partial charge on any atom is 0.321 e. The fourth-order valence-electron chi connectivity index (χ4n) is 1.87. The molecule has 0 heterocycles. The first-order chi connectivity index (χ1) is 9.63. The highest BCUT2D eigenvalue weighted by molar-refractivity contribution is 7.89. The number of nitrogens with two attached hydrogens (primary N) is 1. The molecule has 0 bridgehead atoms. The second-order valence-electron chi connectivity index (χ2n) is 4.79. The number of hydrogen-bond acceptors (Lipinski definition) is 4. The van der Waals surface area contributed by atoms with Gasteiger partial charge in [0.15, 0.2) is 0 Å². The number of carboxylic acids is 1. The molecule has 8 heteroatoms. The molecular formula is C13H18N2O5S. The number of rotatable bonds is 7. The molecule has 0 radical (unpaired) electrons. The Bertz CT molecular complexity index is 655. The van der Waals surface area contributed by atoms with Crippen molar-refractivity contribution in [1.29, 1.82) is 0 Å². The van der Waals surface area contributed by atoms with Crippen molar-refractivity contribution in [3.63, 3.8) is 0 Å². The summed E-state index contributed by atoms with van der Waals surface area (Å²) in [5, 5.41) is 9.03. The Labute approximate surface area is 123 Å². The Morgan fingerprint density at radius 3 is 2.43 bits per heavy atom. The number of benzene rings is 1. The van der Waals surface area contributed by atoms with Crippen molar-refractivity contribution in [3.05, 3.63) is 29.3 Å². The quantitative estimate of drug-likeness (QED) is 0.667. The lowest BCUT2D eigenvalue weighted by Crippen LogP contribution is -2.41. The van der Waals surface area contributed by atoms with Crippen LogP contribution in [0, 0.1) is 13.8 Å². The molecule has 1 amide bonds. The Balaban J connectivity index is 3.00. The predicted octanol–water partition coefficient (Wildman–Crippen LogP) is 0.300. The van der Waals surface area contributed by atoms with Gasteiger partial charge in [0.2, 0.25) is 15.9 Å². The van der Waals surface area contributed by atoms with Crippen LogP contribution in [0.4, 0.5) is 0 Å². The number of hydrogen-bond donors (Lipinski definition) is 3. The molecule has 0 saturated heterocycles. The van der Waals surface area contributed by atoms with E-state index in [1.165, 1.54) is 6.07 Å². The van der Waals surface area contributed by atoms with Gasteiger partial charge >= 0.3 is 5.97 Å². The molecule has 0 aliphatic rings. The molecule has 116 valence electrons. The first-order valence-corrected chi connectivity index (χ1v) is 7.72. The second-order valence-corrected chi connectivity index (χ2v) is 6.47. The van der Waals surface area contributed by atoms with Crippen LogP contribution in [0.25, 0.3) is 0 Å². The van der Waals surface area contributed by atoms with E-state index in [-0.39, 0.29) is 17.7 Å². The number of sulfonamides is 1. The SMILES string of the molecule is Cc1ccc(S(=O)(=O)N[C@H](CCC(N)=O)C(=O)O)c(C)c1. The average Bonchev–Trinajstić information content (AvgIpc) is 2.33. The molecule has 7 nitrogen and oxygen atoms in total. The van der Waals surface area contributed by atoms with E-state index in [4.69, 9.17) is 10.8 Å². The van der Waals surface area contributed by atoms with Crippen molar-refractivity contribution < 1.29 is 23.1 Å². The van der Waals surface area contributed by atoms with Crippen LogP contribution in [-0.2, 0) is 19.6 Å². The van der Waals surface area contributed by atoms with Gasteiger partial charge < -0.3 is 10.8 Å². The summed E-state index contributed by atoms with van der Waals surface area (Å²) < 4.78 is 26.6. The molecule has 1 rings (SSSR count). The minimum atomic E-state index is -3.98. The smallest absolute Gasteiger partial charge is 0.321 e. The van der Waals surface area contributed by atoms with E-state index in [0.29, 0.717) is 5.56 Å². The molecule has 1 aromatic carbocycles. The summed E-state index contributed by atoms with van der Waals surface area (Å²) in [7, 11) is -3.98. The highest BCUT2D eigenvalue weighted by Gasteiger charge is 2.26. The van der Waals surface area contributed by atoms with Crippen LogP contribution in [0.15, 0.2) is 23.1 Å². The molecule has 0 aliphatic heterocycles. The van der Waals surface area contributed by atoms with E-state index in [1.807, 2.05) is 6.92 Å². The third-order valence-electron chi connectivity index (χ3n) is 2.89. The van der Waals surface area contributed by atoms with Crippen LogP contribution in [0.1, 0.15) is 24.0 Å². The minimum Gasteiger partial charge on any atom is -0.480 e. The normalized spacial score (nSPS) is 12.9. The number of carboxylic acid groups (broad SMARTS) is 1. The van der Waals surface area contributed by atoms with Gasteiger partial charge in [0, 0.05) is 6.42 Å². The van der Waals surface area contributed by atoms with Crippen LogP contribution in [0.2, 0.25) is 0 Å². The zero-order valence-electron chi connectivity index (χ0n) is 11.8. The zero-order chi connectivity index (χ0) is 16.2. The van der Waals surface area contributed by atoms with Gasteiger partial charge in [-0.15, -0.1) is 0 Å². The molecule has 1 atom stereocenters. The summed E-state index contributed by atoms with van der Waals surface area (Å²) in [6.45, 7) is 3.45. The molecule has 0 unspecified atom stereocenters. The summed E-state index contributed by atoms with van der Waals surface area (Å²) in [4.78, 5) is 21.8. The number of carbonyl (C=O) groups is 2. The maximum absolute atomic E-state index is 12.2. The number of aliphatic carboxylic acids is 1. The standard InChI is InChI=1S/C13H18N2O5S/c1-8-3-5-11(9(2)7-8)21(19,20)15-10(13(17)18)4-6-12(14)16/h3,5,7,10,15H,4,6H2,1-2H3,(H2,14,16)(H,17,18)/t10-/m1/s1.